The average molecular weight is 355 g/mol. The van der Waals surface area contributed by atoms with Gasteiger partial charge in [0.1, 0.15) is 17.4 Å². The van der Waals surface area contributed by atoms with Crippen molar-refractivity contribution in [2.75, 3.05) is 0 Å². The lowest BCUT2D eigenvalue weighted by atomic mass is 10.2. The maximum Gasteiger partial charge on any atom is 0.140 e. The Morgan fingerprint density at radius 1 is 1.40 bits per heavy atom. The second kappa shape index (κ2) is 7.20. The minimum atomic E-state index is 0.448. The quantitative estimate of drug-likeness (QED) is 0.839. The molecule has 0 amide bonds. The van der Waals surface area contributed by atoms with Gasteiger partial charge in [0.05, 0.1) is 4.47 Å². The van der Waals surface area contributed by atoms with Gasteiger partial charge in [-0.3, -0.25) is 0 Å². The molecule has 1 heterocycles. The van der Waals surface area contributed by atoms with Crippen LogP contribution in [0.4, 0.5) is 0 Å². The molecule has 0 bridgehead atoms. The lowest BCUT2D eigenvalue weighted by Crippen LogP contribution is -2.22. The Morgan fingerprint density at radius 2 is 2.20 bits per heavy atom. The summed E-state index contributed by atoms with van der Waals surface area (Å²) >= 11 is 5.19. The van der Waals surface area contributed by atoms with Crippen molar-refractivity contribution in [3.63, 3.8) is 0 Å². The van der Waals surface area contributed by atoms with Crippen molar-refractivity contribution in [2.24, 2.45) is 0 Å². The standard InChI is InChI=1S/C15H19BrN2OS/c1-10(2)17-7-12-5-4-6-13(16)15(12)19-8-14-18-11(3)9-20-14/h4-6,9-10,17H,7-8H2,1-3H3. The first-order chi connectivity index (χ1) is 9.56. The second-order valence-electron chi connectivity index (χ2n) is 4.93. The lowest BCUT2D eigenvalue weighted by molar-refractivity contribution is 0.299. The van der Waals surface area contributed by atoms with E-state index in [1.54, 1.807) is 11.3 Å². The van der Waals surface area contributed by atoms with Gasteiger partial charge >= 0.3 is 0 Å². The van der Waals surface area contributed by atoms with E-state index in [1.165, 1.54) is 0 Å². The molecule has 5 heteroatoms. The van der Waals surface area contributed by atoms with Crippen molar-refractivity contribution in [1.29, 1.82) is 0 Å². The molecule has 3 nitrogen and oxygen atoms in total. The molecule has 0 atom stereocenters. The highest BCUT2D eigenvalue weighted by molar-refractivity contribution is 9.10. The number of benzene rings is 1. The van der Waals surface area contributed by atoms with E-state index in [9.17, 15) is 0 Å². The summed E-state index contributed by atoms with van der Waals surface area (Å²) in [7, 11) is 0. The number of hydrogen-bond donors (Lipinski definition) is 1. The monoisotopic (exact) mass is 354 g/mol. The molecule has 0 saturated carbocycles. The van der Waals surface area contributed by atoms with Gasteiger partial charge in [-0.15, -0.1) is 11.3 Å². The molecular formula is C15H19BrN2OS. The number of para-hydroxylation sites is 1. The van der Waals surface area contributed by atoms with Crippen LogP contribution < -0.4 is 10.1 Å². The van der Waals surface area contributed by atoms with Gasteiger partial charge in [-0.05, 0) is 28.9 Å². The zero-order valence-corrected chi connectivity index (χ0v) is 14.3. The smallest absolute Gasteiger partial charge is 0.140 e. The van der Waals surface area contributed by atoms with Gasteiger partial charge in [0.25, 0.3) is 0 Å². The predicted molar refractivity (Wildman–Crippen MR) is 87.3 cm³/mol. The van der Waals surface area contributed by atoms with Crippen LogP contribution in [-0.4, -0.2) is 11.0 Å². The van der Waals surface area contributed by atoms with Crippen LogP contribution in [0.1, 0.15) is 30.1 Å². The number of aromatic nitrogens is 1. The van der Waals surface area contributed by atoms with Crippen LogP contribution >= 0.6 is 27.3 Å². The summed E-state index contributed by atoms with van der Waals surface area (Å²) in [6, 6.07) is 6.56. The molecule has 1 aromatic carbocycles. The molecule has 0 aliphatic heterocycles. The van der Waals surface area contributed by atoms with Crippen molar-refractivity contribution in [2.45, 2.75) is 40.0 Å². The summed E-state index contributed by atoms with van der Waals surface area (Å²) in [5.41, 5.74) is 2.20. The third kappa shape index (κ3) is 4.30. The number of thiazole rings is 1. The van der Waals surface area contributed by atoms with Crippen molar-refractivity contribution in [1.82, 2.24) is 10.3 Å². The third-order valence-corrected chi connectivity index (χ3v) is 4.32. The number of nitrogens with zero attached hydrogens (tertiary/aromatic N) is 1. The Bertz CT molecular complexity index is 569. The first-order valence-electron chi connectivity index (χ1n) is 6.61. The number of rotatable bonds is 6. The SMILES string of the molecule is Cc1csc(COc2c(Br)cccc2CNC(C)C)n1. The molecule has 1 N–H and O–H groups in total. The van der Waals surface area contributed by atoms with Crippen LogP contribution in [0.25, 0.3) is 0 Å². The fourth-order valence-corrected chi connectivity index (χ4v) is 2.98. The molecule has 0 radical (unpaired) electrons. The number of hydrogen-bond acceptors (Lipinski definition) is 4. The third-order valence-electron chi connectivity index (χ3n) is 2.76. The van der Waals surface area contributed by atoms with Crippen LogP contribution in [0.15, 0.2) is 28.1 Å². The van der Waals surface area contributed by atoms with E-state index in [2.05, 4.69) is 46.1 Å². The van der Waals surface area contributed by atoms with E-state index in [4.69, 9.17) is 4.74 Å². The molecule has 0 spiro atoms. The fraction of sp³-hybridized carbons (Fsp3) is 0.400. The molecular weight excluding hydrogens is 336 g/mol. The molecule has 0 saturated heterocycles. The van der Waals surface area contributed by atoms with Crippen LogP contribution in [0.2, 0.25) is 0 Å². The minimum Gasteiger partial charge on any atom is -0.485 e. The van der Waals surface area contributed by atoms with E-state index in [0.29, 0.717) is 12.6 Å². The van der Waals surface area contributed by atoms with Gasteiger partial charge in [-0.2, -0.15) is 0 Å². The van der Waals surface area contributed by atoms with Gasteiger partial charge in [0.15, 0.2) is 0 Å². The Hall–Kier alpha value is -0.910. The van der Waals surface area contributed by atoms with Crippen molar-refractivity contribution < 1.29 is 4.74 Å². The summed E-state index contributed by atoms with van der Waals surface area (Å²) in [6.45, 7) is 7.57. The lowest BCUT2D eigenvalue weighted by Gasteiger charge is -2.14. The number of ether oxygens (including phenoxy) is 1. The van der Waals surface area contributed by atoms with E-state index < -0.39 is 0 Å². The second-order valence-corrected chi connectivity index (χ2v) is 6.73. The Morgan fingerprint density at radius 3 is 2.85 bits per heavy atom. The van der Waals surface area contributed by atoms with E-state index >= 15 is 0 Å². The highest BCUT2D eigenvalue weighted by Gasteiger charge is 2.10. The first-order valence-corrected chi connectivity index (χ1v) is 8.28. The fourth-order valence-electron chi connectivity index (χ4n) is 1.77. The zero-order chi connectivity index (χ0) is 14.5. The number of nitrogens with one attached hydrogen (secondary N) is 1. The molecule has 20 heavy (non-hydrogen) atoms. The van der Waals surface area contributed by atoms with Gasteiger partial charge in [0.2, 0.25) is 0 Å². The van der Waals surface area contributed by atoms with Crippen molar-refractivity contribution >= 4 is 27.3 Å². The molecule has 0 aliphatic rings. The maximum atomic E-state index is 5.96. The van der Waals surface area contributed by atoms with Crippen LogP contribution in [0.3, 0.4) is 0 Å². The van der Waals surface area contributed by atoms with Crippen LogP contribution in [0, 0.1) is 6.92 Å². The summed E-state index contributed by atoms with van der Waals surface area (Å²) in [5, 5.41) is 6.46. The molecule has 1 aromatic heterocycles. The van der Waals surface area contributed by atoms with Crippen molar-refractivity contribution in [3.8, 4) is 5.75 Å². The normalized spacial score (nSPS) is 11.1. The topological polar surface area (TPSA) is 34.1 Å². The molecule has 0 unspecified atom stereocenters. The highest BCUT2D eigenvalue weighted by Crippen LogP contribution is 2.30. The van der Waals surface area contributed by atoms with E-state index in [-0.39, 0.29) is 0 Å². The molecule has 0 aliphatic carbocycles. The largest absolute Gasteiger partial charge is 0.485 e. The maximum absolute atomic E-state index is 5.96. The van der Waals surface area contributed by atoms with Crippen LogP contribution in [-0.2, 0) is 13.2 Å². The van der Waals surface area contributed by atoms with Gasteiger partial charge in [-0.25, -0.2) is 4.98 Å². The van der Waals surface area contributed by atoms with Gasteiger partial charge in [0, 0.05) is 29.2 Å². The van der Waals surface area contributed by atoms with E-state index in [1.807, 2.05) is 24.4 Å². The molecule has 108 valence electrons. The van der Waals surface area contributed by atoms with E-state index in [0.717, 1.165) is 33.0 Å². The molecule has 2 aromatic rings. The zero-order valence-electron chi connectivity index (χ0n) is 11.9. The molecule has 2 rings (SSSR count). The first kappa shape index (κ1) is 15.5. The Labute approximate surface area is 132 Å². The van der Waals surface area contributed by atoms with Crippen molar-refractivity contribution in [3.05, 3.63) is 44.3 Å². The van der Waals surface area contributed by atoms with Gasteiger partial charge < -0.3 is 10.1 Å². The minimum absolute atomic E-state index is 0.448. The number of aryl methyl sites for hydroxylation is 1. The summed E-state index contributed by atoms with van der Waals surface area (Å²) in [4.78, 5) is 4.42. The highest BCUT2D eigenvalue weighted by atomic mass is 79.9. The predicted octanol–water partition coefficient (Wildman–Crippen LogP) is 4.29. The summed E-state index contributed by atoms with van der Waals surface area (Å²) < 4.78 is 6.94. The summed E-state index contributed by atoms with van der Waals surface area (Å²) in [5.74, 6) is 0.897. The Kier molecular flexibility index (Phi) is 5.57. The van der Waals surface area contributed by atoms with Crippen LogP contribution in [0.5, 0.6) is 5.75 Å². The summed E-state index contributed by atoms with van der Waals surface area (Å²) in [6.07, 6.45) is 0. The number of halogens is 1. The Balaban J connectivity index is 2.08. The molecule has 0 fully saturated rings. The van der Waals surface area contributed by atoms with Gasteiger partial charge in [-0.1, -0.05) is 26.0 Å². The average Bonchev–Trinajstić information content (AvgIpc) is 2.81.